The molecule has 1 aliphatic rings. The number of carbonyl (C=O) groups excluding carboxylic acids is 1. The number of amides is 1. The number of hydrogen-bond donors (Lipinski definition) is 1. The Balaban J connectivity index is 1.44. The van der Waals surface area contributed by atoms with Crippen LogP contribution in [-0.4, -0.2) is 51.0 Å². The number of rotatable bonds is 4. The van der Waals surface area contributed by atoms with Gasteiger partial charge >= 0.3 is 0 Å². The Bertz CT molecular complexity index is 932. The molecule has 0 radical (unpaired) electrons. The van der Waals surface area contributed by atoms with Crippen LogP contribution in [0.5, 0.6) is 0 Å². The van der Waals surface area contributed by atoms with Crippen molar-refractivity contribution in [1.29, 1.82) is 0 Å². The minimum atomic E-state index is -0.294. The van der Waals surface area contributed by atoms with Gasteiger partial charge in [-0.05, 0) is 44.2 Å². The maximum Gasteiger partial charge on any atom is 0.274 e. The van der Waals surface area contributed by atoms with E-state index >= 15 is 0 Å². The smallest absolute Gasteiger partial charge is 0.274 e. The summed E-state index contributed by atoms with van der Waals surface area (Å²) in [5.74, 6) is 0.580. The van der Waals surface area contributed by atoms with E-state index in [2.05, 4.69) is 39.1 Å². The van der Waals surface area contributed by atoms with E-state index in [1.54, 1.807) is 35.4 Å². The number of morpholine rings is 1. The minimum absolute atomic E-state index is 0.165. The Kier molecular flexibility index (Phi) is 5.03. The quantitative estimate of drug-likeness (QED) is 0.751. The fourth-order valence-electron chi connectivity index (χ4n) is 3.31. The van der Waals surface area contributed by atoms with Crippen LogP contribution in [0.25, 0.3) is 5.69 Å². The molecule has 0 aromatic carbocycles. The molecule has 3 aromatic rings. The lowest BCUT2D eigenvalue weighted by molar-refractivity contribution is -0.00545. The first-order chi connectivity index (χ1) is 13.6. The molecule has 8 heteroatoms. The van der Waals surface area contributed by atoms with Crippen LogP contribution in [0.15, 0.2) is 55.1 Å². The molecule has 2 unspecified atom stereocenters. The molecule has 3 aromatic heterocycles. The Labute approximate surface area is 163 Å². The zero-order chi connectivity index (χ0) is 19.5. The van der Waals surface area contributed by atoms with Crippen LogP contribution in [0.1, 0.15) is 24.3 Å². The highest BCUT2D eigenvalue weighted by molar-refractivity contribution is 6.03. The van der Waals surface area contributed by atoms with E-state index < -0.39 is 0 Å². The summed E-state index contributed by atoms with van der Waals surface area (Å²) in [6.45, 7) is 5.71. The van der Waals surface area contributed by atoms with Crippen molar-refractivity contribution in [2.75, 3.05) is 23.3 Å². The molecule has 4 rings (SSSR count). The van der Waals surface area contributed by atoms with E-state index in [1.165, 1.54) is 0 Å². The molecule has 1 fully saturated rings. The number of hydrogen-bond acceptors (Lipinski definition) is 6. The van der Waals surface area contributed by atoms with Gasteiger partial charge in [0.1, 0.15) is 11.5 Å². The summed E-state index contributed by atoms with van der Waals surface area (Å²) in [6.07, 6.45) is 7.08. The number of anilines is 2. The summed E-state index contributed by atoms with van der Waals surface area (Å²) in [5.41, 5.74) is 1.71. The van der Waals surface area contributed by atoms with Crippen molar-refractivity contribution in [3.05, 3.63) is 60.8 Å². The van der Waals surface area contributed by atoms with Gasteiger partial charge in [0.2, 0.25) is 0 Å². The zero-order valence-corrected chi connectivity index (χ0v) is 15.8. The van der Waals surface area contributed by atoms with Gasteiger partial charge in [0.15, 0.2) is 0 Å². The van der Waals surface area contributed by atoms with Gasteiger partial charge in [0.05, 0.1) is 29.8 Å². The highest BCUT2D eigenvalue weighted by Crippen LogP contribution is 2.20. The highest BCUT2D eigenvalue weighted by Gasteiger charge is 2.23. The summed E-state index contributed by atoms with van der Waals surface area (Å²) < 4.78 is 7.44. The van der Waals surface area contributed by atoms with Gasteiger partial charge in [0, 0.05) is 31.7 Å². The molecule has 144 valence electrons. The fourth-order valence-corrected chi connectivity index (χ4v) is 3.31. The lowest BCUT2D eigenvalue weighted by Crippen LogP contribution is -2.45. The van der Waals surface area contributed by atoms with E-state index in [9.17, 15) is 4.79 Å². The van der Waals surface area contributed by atoms with Crippen molar-refractivity contribution in [2.24, 2.45) is 0 Å². The van der Waals surface area contributed by atoms with Crippen molar-refractivity contribution < 1.29 is 9.53 Å². The van der Waals surface area contributed by atoms with Crippen molar-refractivity contribution in [3.63, 3.8) is 0 Å². The van der Waals surface area contributed by atoms with Gasteiger partial charge in [-0.1, -0.05) is 0 Å². The highest BCUT2D eigenvalue weighted by atomic mass is 16.5. The van der Waals surface area contributed by atoms with Crippen molar-refractivity contribution in [1.82, 2.24) is 19.7 Å². The van der Waals surface area contributed by atoms with Crippen LogP contribution in [0, 0.1) is 0 Å². The van der Waals surface area contributed by atoms with Crippen LogP contribution in [-0.2, 0) is 4.74 Å². The summed E-state index contributed by atoms with van der Waals surface area (Å²) >= 11 is 0. The maximum atomic E-state index is 12.6. The molecule has 4 heterocycles. The van der Waals surface area contributed by atoms with Crippen LogP contribution in [0.3, 0.4) is 0 Å². The molecular weight excluding hydrogens is 356 g/mol. The topological polar surface area (TPSA) is 85.2 Å². The molecule has 28 heavy (non-hydrogen) atoms. The van der Waals surface area contributed by atoms with Crippen LogP contribution < -0.4 is 10.2 Å². The predicted octanol–water partition coefficient (Wildman–Crippen LogP) is 2.53. The minimum Gasteiger partial charge on any atom is -0.372 e. The molecule has 1 aliphatic heterocycles. The Morgan fingerprint density at radius 2 is 1.96 bits per heavy atom. The first kappa shape index (κ1) is 18.1. The van der Waals surface area contributed by atoms with Gasteiger partial charge in [-0.25, -0.2) is 9.67 Å². The van der Waals surface area contributed by atoms with Crippen LogP contribution in [0.2, 0.25) is 0 Å². The molecular formula is C20H22N6O2. The molecule has 1 saturated heterocycles. The SMILES string of the molecule is CC1CN(c2ccc(NC(=O)c3cc(-n4cccn4)ccn3)cn2)CC(C)O1. The summed E-state index contributed by atoms with van der Waals surface area (Å²) in [5, 5.41) is 7.01. The van der Waals surface area contributed by atoms with E-state index in [1.807, 2.05) is 24.4 Å². The summed E-state index contributed by atoms with van der Waals surface area (Å²) in [7, 11) is 0. The van der Waals surface area contributed by atoms with Crippen molar-refractivity contribution in [2.45, 2.75) is 26.1 Å². The molecule has 8 nitrogen and oxygen atoms in total. The molecule has 2 atom stereocenters. The van der Waals surface area contributed by atoms with E-state index in [0.29, 0.717) is 11.4 Å². The molecule has 0 saturated carbocycles. The largest absolute Gasteiger partial charge is 0.372 e. The average Bonchev–Trinajstić information content (AvgIpc) is 3.23. The van der Waals surface area contributed by atoms with Crippen molar-refractivity contribution in [3.8, 4) is 5.69 Å². The molecule has 0 aliphatic carbocycles. The Morgan fingerprint density at radius 1 is 1.14 bits per heavy atom. The predicted molar refractivity (Wildman–Crippen MR) is 106 cm³/mol. The van der Waals surface area contributed by atoms with Gasteiger partial charge < -0.3 is 15.0 Å². The third-order valence-corrected chi connectivity index (χ3v) is 4.49. The number of pyridine rings is 2. The van der Waals surface area contributed by atoms with E-state index in [-0.39, 0.29) is 18.1 Å². The third kappa shape index (κ3) is 4.01. The second-order valence-corrected chi connectivity index (χ2v) is 6.87. The average molecular weight is 378 g/mol. The van der Waals surface area contributed by atoms with Crippen LogP contribution >= 0.6 is 0 Å². The molecule has 0 bridgehead atoms. The fraction of sp³-hybridized carbons (Fsp3) is 0.300. The first-order valence-corrected chi connectivity index (χ1v) is 9.22. The third-order valence-electron chi connectivity index (χ3n) is 4.49. The molecule has 0 spiro atoms. The lowest BCUT2D eigenvalue weighted by Gasteiger charge is -2.36. The second kappa shape index (κ2) is 7.77. The monoisotopic (exact) mass is 378 g/mol. The lowest BCUT2D eigenvalue weighted by atomic mass is 10.2. The van der Waals surface area contributed by atoms with Crippen LogP contribution in [0.4, 0.5) is 11.5 Å². The van der Waals surface area contributed by atoms with E-state index in [4.69, 9.17) is 4.74 Å². The van der Waals surface area contributed by atoms with E-state index in [0.717, 1.165) is 24.6 Å². The van der Waals surface area contributed by atoms with Crippen molar-refractivity contribution >= 4 is 17.4 Å². The Morgan fingerprint density at radius 3 is 2.64 bits per heavy atom. The van der Waals surface area contributed by atoms with Gasteiger partial charge in [-0.3, -0.25) is 9.78 Å². The summed E-state index contributed by atoms with van der Waals surface area (Å²) in [6, 6.07) is 9.07. The number of ether oxygens (including phenoxy) is 1. The number of carbonyl (C=O) groups is 1. The molecule has 1 amide bonds. The normalized spacial score (nSPS) is 19.4. The van der Waals surface area contributed by atoms with Gasteiger partial charge in [-0.15, -0.1) is 0 Å². The summed E-state index contributed by atoms with van der Waals surface area (Å²) in [4.78, 5) is 23.4. The maximum absolute atomic E-state index is 12.6. The zero-order valence-electron chi connectivity index (χ0n) is 15.8. The first-order valence-electron chi connectivity index (χ1n) is 9.22. The number of aromatic nitrogens is 4. The van der Waals surface area contributed by atoms with Gasteiger partial charge in [-0.2, -0.15) is 5.10 Å². The Hall–Kier alpha value is -3.26. The molecule has 1 N–H and O–H groups in total. The second-order valence-electron chi connectivity index (χ2n) is 6.87. The van der Waals surface area contributed by atoms with Gasteiger partial charge in [0.25, 0.3) is 5.91 Å². The standard InChI is InChI=1S/C20H22N6O2/c1-14-12-25(13-15(2)28-14)19-5-4-16(11-22-19)24-20(27)18-10-17(6-8-21-18)26-9-3-7-23-26/h3-11,14-15H,12-13H2,1-2H3,(H,24,27). The number of nitrogens with one attached hydrogen (secondary N) is 1. The number of nitrogens with zero attached hydrogens (tertiary/aromatic N) is 5.